The molecule has 1 fully saturated rings. The number of nitrogens with zero attached hydrogens (tertiary/aromatic N) is 1. The zero-order valence-electron chi connectivity index (χ0n) is 23.7. The predicted octanol–water partition coefficient (Wildman–Crippen LogP) is 6.09. The van der Waals surface area contributed by atoms with Gasteiger partial charge in [-0.1, -0.05) is 30.7 Å². The number of sulfone groups is 1. The maximum Gasteiger partial charge on any atom is 0.403 e. The van der Waals surface area contributed by atoms with Crippen molar-refractivity contribution in [2.75, 3.05) is 39.1 Å². The Morgan fingerprint density at radius 3 is 2.26 bits per heavy atom. The monoisotopic (exact) mass is 727 g/mol. The number of methoxy groups -OCH3 is 1. The van der Waals surface area contributed by atoms with Gasteiger partial charge in [-0.3, -0.25) is 4.90 Å². The van der Waals surface area contributed by atoms with Crippen molar-refractivity contribution in [3.05, 3.63) is 71.1 Å². The molecule has 2 aliphatic rings. The molecule has 5 rings (SSSR count). The first-order valence-corrected chi connectivity index (χ1v) is 16.8. The molecule has 1 saturated heterocycles. The van der Waals surface area contributed by atoms with E-state index in [0.29, 0.717) is 35.7 Å². The first kappa shape index (κ1) is 31.8. The highest BCUT2D eigenvalue weighted by Crippen LogP contribution is 2.34. The van der Waals surface area contributed by atoms with E-state index >= 15 is 0 Å². The highest BCUT2D eigenvalue weighted by Gasteiger charge is 2.36. The number of ether oxygens (including phenoxy) is 3. The van der Waals surface area contributed by atoms with Gasteiger partial charge in [-0.05, 0) is 108 Å². The predicted molar refractivity (Wildman–Crippen MR) is 169 cm³/mol. The molecule has 0 saturated carbocycles. The third-order valence-electron chi connectivity index (χ3n) is 7.57. The summed E-state index contributed by atoms with van der Waals surface area (Å²) in [7, 11) is -2.87. The van der Waals surface area contributed by atoms with Crippen molar-refractivity contribution >= 4 is 44.6 Å². The van der Waals surface area contributed by atoms with E-state index in [0.717, 1.165) is 35.8 Å². The lowest BCUT2D eigenvalue weighted by atomic mass is 9.98. The van der Waals surface area contributed by atoms with Gasteiger partial charge < -0.3 is 14.2 Å². The standard InChI is InChI=1S/C32H33F3INO5S/c1-40-31(36)16-15-29-24(21-31)7-14-28(23-5-12-27(13-6-23)43(38,39)22-32(33,34)35)30(29)42-26-10-8-25(9-11-26)41-20-19-37-17-3-2-4-18-37/h5-15,21H,2-4,16-20,22H2,1H3. The van der Waals surface area contributed by atoms with Gasteiger partial charge in [-0.2, -0.15) is 13.2 Å². The molecule has 0 bridgehead atoms. The quantitative estimate of drug-likeness (QED) is 0.186. The Hall–Kier alpha value is -2.61. The van der Waals surface area contributed by atoms with Gasteiger partial charge in [0.25, 0.3) is 0 Å². The molecule has 230 valence electrons. The first-order valence-electron chi connectivity index (χ1n) is 14.1. The molecule has 0 N–H and O–H groups in total. The van der Waals surface area contributed by atoms with Crippen LogP contribution in [0, 0.1) is 0 Å². The fraction of sp³-hybridized carbons (Fsp3) is 0.375. The number of rotatable bonds is 10. The summed E-state index contributed by atoms with van der Waals surface area (Å²) >= 11 is 2.25. The van der Waals surface area contributed by atoms with Gasteiger partial charge in [-0.15, -0.1) is 0 Å². The Kier molecular flexibility index (Phi) is 9.74. The molecule has 0 radical (unpaired) electrons. The summed E-state index contributed by atoms with van der Waals surface area (Å²) in [6, 6.07) is 16.6. The van der Waals surface area contributed by atoms with Gasteiger partial charge in [0.15, 0.2) is 15.6 Å². The Bertz CT molecular complexity index is 1660. The molecule has 0 amide bonds. The molecule has 6 nitrogen and oxygen atoms in total. The molecular formula is C32H33F3INO5S. The average molecular weight is 728 g/mol. The number of alkyl halides is 4. The second kappa shape index (κ2) is 13.2. The zero-order valence-corrected chi connectivity index (χ0v) is 26.7. The van der Waals surface area contributed by atoms with Crippen molar-refractivity contribution in [2.45, 2.75) is 40.4 Å². The van der Waals surface area contributed by atoms with Crippen LogP contribution in [0.1, 0.15) is 25.7 Å². The van der Waals surface area contributed by atoms with Crippen LogP contribution in [0.4, 0.5) is 13.2 Å². The molecular weight excluding hydrogens is 694 g/mol. The molecule has 1 heterocycles. The largest absolute Gasteiger partial charge is 0.492 e. The van der Waals surface area contributed by atoms with E-state index in [-0.39, 0.29) is 4.90 Å². The van der Waals surface area contributed by atoms with Crippen LogP contribution in [-0.4, -0.2) is 62.2 Å². The fourth-order valence-corrected chi connectivity index (χ4v) is 7.01. The van der Waals surface area contributed by atoms with Crippen LogP contribution in [0.2, 0.25) is 0 Å². The minimum absolute atomic E-state index is 0.389. The van der Waals surface area contributed by atoms with Crippen LogP contribution in [0.5, 0.6) is 17.2 Å². The molecule has 0 aromatic heterocycles. The SMILES string of the molecule is COC1(I)C=c2ccc(-c3ccc(S(=O)(=O)CC(F)(F)F)cc3)c(Oc3ccc(OCCN4CCCCC4)cc3)c2=CC1. The van der Waals surface area contributed by atoms with Crippen LogP contribution >= 0.6 is 22.6 Å². The number of piperidine rings is 1. The number of hydrogen-bond donors (Lipinski definition) is 0. The van der Waals surface area contributed by atoms with Crippen molar-refractivity contribution < 1.29 is 35.8 Å². The average Bonchev–Trinajstić information content (AvgIpc) is 2.97. The van der Waals surface area contributed by atoms with Crippen LogP contribution in [0.15, 0.2) is 65.6 Å². The molecule has 1 aliphatic heterocycles. The Balaban J connectivity index is 1.42. The Morgan fingerprint density at radius 2 is 1.60 bits per heavy atom. The van der Waals surface area contributed by atoms with Gasteiger partial charge in [0.2, 0.25) is 0 Å². The number of fused-ring (bicyclic) bond motifs is 1. The summed E-state index contributed by atoms with van der Waals surface area (Å²) in [6.45, 7) is 3.72. The molecule has 3 aromatic carbocycles. The molecule has 1 aliphatic carbocycles. The fourth-order valence-electron chi connectivity index (χ4n) is 5.30. The van der Waals surface area contributed by atoms with E-state index in [4.69, 9.17) is 14.2 Å². The maximum atomic E-state index is 12.8. The summed E-state index contributed by atoms with van der Waals surface area (Å²) < 4.78 is 80.6. The van der Waals surface area contributed by atoms with Gasteiger partial charge in [0.05, 0.1) is 4.90 Å². The van der Waals surface area contributed by atoms with Gasteiger partial charge in [-0.25, -0.2) is 8.42 Å². The molecule has 43 heavy (non-hydrogen) atoms. The van der Waals surface area contributed by atoms with E-state index in [9.17, 15) is 21.6 Å². The summed E-state index contributed by atoms with van der Waals surface area (Å²) in [5.41, 5.74) is 1.27. The van der Waals surface area contributed by atoms with Gasteiger partial charge in [0, 0.05) is 30.9 Å². The number of likely N-dealkylation sites (tertiary alicyclic amines) is 1. The summed E-state index contributed by atoms with van der Waals surface area (Å²) in [4.78, 5) is 2.03. The zero-order chi connectivity index (χ0) is 30.7. The summed E-state index contributed by atoms with van der Waals surface area (Å²) in [5, 5.41) is 1.75. The molecule has 3 aromatic rings. The van der Waals surface area contributed by atoms with Crippen LogP contribution in [0.3, 0.4) is 0 Å². The topological polar surface area (TPSA) is 65.1 Å². The second-order valence-corrected chi connectivity index (χ2v) is 14.5. The highest BCUT2D eigenvalue weighted by molar-refractivity contribution is 14.1. The van der Waals surface area contributed by atoms with Crippen molar-refractivity contribution in [1.29, 1.82) is 0 Å². The van der Waals surface area contributed by atoms with E-state index in [1.54, 1.807) is 7.11 Å². The first-order chi connectivity index (χ1) is 20.4. The summed E-state index contributed by atoms with van der Waals surface area (Å²) in [5.74, 6) is -0.0424. The van der Waals surface area contributed by atoms with Crippen molar-refractivity contribution in [3.63, 3.8) is 0 Å². The van der Waals surface area contributed by atoms with Crippen LogP contribution < -0.4 is 19.9 Å². The van der Waals surface area contributed by atoms with E-state index in [1.807, 2.05) is 48.6 Å². The third kappa shape index (κ3) is 8.11. The second-order valence-electron chi connectivity index (χ2n) is 10.7. The van der Waals surface area contributed by atoms with Crippen molar-refractivity contribution in [3.8, 4) is 28.4 Å². The number of benzene rings is 3. The van der Waals surface area contributed by atoms with Crippen molar-refractivity contribution in [1.82, 2.24) is 4.90 Å². The highest BCUT2D eigenvalue weighted by atomic mass is 127. The van der Waals surface area contributed by atoms with E-state index in [2.05, 4.69) is 27.5 Å². The molecule has 1 unspecified atom stereocenters. The van der Waals surface area contributed by atoms with E-state index < -0.39 is 25.4 Å². The van der Waals surface area contributed by atoms with Crippen LogP contribution in [-0.2, 0) is 14.6 Å². The van der Waals surface area contributed by atoms with Crippen LogP contribution in [0.25, 0.3) is 23.3 Å². The third-order valence-corrected chi connectivity index (χ3v) is 10.5. The minimum Gasteiger partial charge on any atom is -0.492 e. The lowest BCUT2D eigenvalue weighted by molar-refractivity contribution is -0.106. The lowest BCUT2D eigenvalue weighted by Crippen LogP contribution is -2.36. The number of halogens is 4. The molecule has 11 heteroatoms. The van der Waals surface area contributed by atoms with Crippen molar-refractivity contribution in [2.24, 2.45) is 0 Å². The van der Waals surface area contributed by atoms with Gasteiger partial charge >= 0.3 is 6.18 Å². The Labute approximate surface area is 263 Å². The molecule has 0 spiro atoms. The van der Waals surface area contributed by atoms with Gasteiger partial charge in [0.1, 0.15) is 27.5 Å². The minimum atomic E-state index is -4.83. The number of hydrogen-bond acceptors (Lipinski definition) is 6. The molecule has 1 atom stereocenters. The maximum absolute atomic E-state index is 12.8. The smallest absolute Gasteiger partial charge is 0.403 e. The Morgan fingerprint density at radius 1 is 0.930 bits per heavy atom. The van der Waals surface area contributed by atoms with E-state index in [1.165, 1.54) is 43.5 Å². The lowest BCUT2D eigenvalue weighted by Gasteiger charge is -2.26. The summed E-state index contributed by atoms with van der Waals surface area (Å²) in [6.07, 6.45) is 3.58. The normalized spacial score (nSPS) is 19.2.